The van der Waals surface area contributed by atoms with Crippen LogP contribution in [0.1, 0.15) is 18.4 Å². The number of hydrogen-bond acceptors (Lipinski definition) is 6. The van der Waals surface area contributed by atoms with E-state index in [-0.39, 0.29) is 12.5 Å². The van der Waals surface area contributed by atoms with Crippen LogP contribution in [-0.2, 0) is 14.4 Å². The van der Waals surface area contributed by atoms with Gasteiger partial charge in [0.1, 0.15) is 5.75 Å². The van der Waals surface area contributed by atoms with Crippen LogP contribution in [0.3, 0.4) is 0 Å². The Kier molecular flexibility index (Phi) is 4.93. The Hall–Kier alpha value is -3.06. The third-order valence-electron chi connectivity index (χ3n) is 4.58. The number of para-hydroxylation sites is 1. The number of hydrogen-bond donors (Lipinski definition) is 1. The number of amides is 1. The van der Waals surface area contributed by atoms with Crippen LogP contribution in [0.15, 0.2) is 65.8 Å². The zero-order chi connectivity index (χ0) is 18.5. The number of nitrogens with one attached hydrogen (secondary N) is 1. The molecule has 1 N–H and O–H groups in total. The minimum Gasteiger partial charge on any atom is -0.484 e. The van der Waals surface area contributed by atoms with Gasteiger partial charge in [0.25, 0.3) is 5.91 Å². The number of carbonyl (C=O) groups excluding carboxylic acids is 1. The Bertz CT molecular complexity index is 804. The van der Waals surface area contributed by atoms with Gasteiger partial charge in [-0.1, -0.05) is 53.7 Å². The number of benzene rings is 2. The summed E-state index contributed by atoms with van der Waals surface area (Å²) >= 11 is 0. The fourth-order valence-electron chi connectivity index (χ4n) is 3.15. The van der Waals surface area contributed by atoms with Gasteiger partial charge in [-0.3, -0.25) is 10.2 Å². The molecule has 0 bridgehead atoms. The van der Waals surface area contributed by atoms with Crippen LogP contribution in [0.25, 0.3) is 0 Å². The molecule has 1 saturated heterocycles. The molecule has 0 atom stereocenters. The highest BCUT2D eigenvalue weighted by Crippen LogP contribution is 2.34. The number of nitrogens with zero attached hydrogens (tertiary/aromatic N) is 2. The van der Waals surface area contributed by atoms with Gasteiger partial charge in [0.15, 0.2) is 12.4 Å². The van der Waals surface area contributed by atoms with E-state index in [1.165, 1.54) is 0 Å². The summed E-state index contributed by atoms with van der Waals surface area (Å²) in [6.07, 6.45) is 1.21. The highest BCUT2D eigenvalue weighted by Gasteiger charge is 2.48. The molecule has 0 saturated carbocycles. The Morgan fingerprint density at radius 3 is 2.44 bits per heavy atom. The van der Waals surface area contributed by atoms with E-state index in [1.54, 1.807) is 5.01 Å². The molecule has 1 spiro atoms. The van der Waals surface area contributed by atoms with Gasteiger partial charge < -0.3 is 14.3 Å². The lowest BCUT2D eigenvalue weighted by atomic mass is 10.0. The number of oxime groups is 1. The third kappa shape index (κ3) is 3.73. The van der Waals surface area contributed by atoms with Crippen molar-refractivity contribution in [2.45, 2.75) is 18.6 Å². The fourth-order valence-corrected chi connectivity index (χ4v) is 3.15. The van der Waals surface area contributed by atoms with E-state index in [0.29, 0.717) is 37.6 Å². The highest BCUT2D eigenvalue weighted by atomic mass is 16.7. The molecule has 27 heavy (non-hydrogen) atoms. The summed E-state index contributed by atoms with van der Waals surface area (Å²) in [5, 5.41) is 5.99. The maximum atomic E-state index is 12.6. The average Bonchev–Trinajstić information content (AvgIpc) is 3.06. The summed E-state index contributed by atoms with van der Waals surface area (Å²) in [5.74, 6) is 0.937. The summed E-state index contributed by atoms with van der Waals surface area (Å²) in [7, 11) is 0. The summed E-state index contributed by atoms with van der Waals surface area (Å²) in [6, 6.07) is 18.9. The molecule has 2 aliphatic rings. The van der Waals surface area contributed by atoms with Crippen LogP contribution in [-0.4, -0.2) is 42.3 Å². The minimum atomic E-state index is -0.730. The molecule has 1 amide bonds. The molecule has 140 valence electrons. The largest absolute Gasteiger partial charge is 0.484 e. The van der Waals surface area contributed by atoms with Crippen LogP contribution >= 0.6 is 0 Å². The fraction of sp³-hybridized carbons (Fsp3) is 0.300. The Labute approximate surface area is 157 Å². The molecule has 7 heteroatoms. The quantitative estimate of drug-likeness (QED) is 0.878. The lowest BCUT2D eigenvalue weighted by molar-refractivity contribution is -0.173. The first-order valence-electron chi connectivity index (χ1n) is 8.94. The molecule has 7 nitrogen and oxygen atoms in total. The second-order valence-corrected chi connectivity index (χ2v) is 6.40. The van der Waals surface area contributed by atoms with Crippen molar-refractivity contribution in [3.05, 3.63) is 66.2 Å². The van der Waals surface area contributed by atoms with E-state index in [4.69, 9.17) is 14.3 Å². The van der Waals surface area contributed by atoms with Crippen molar-refractivity contribution >= 4 is 11.7 Å². The van der Waals surface area contributed by atoms with Crippen LogP contribution in [0.5, 0.6) is 5.75 Å². The lowest BCUT2D eigenvalue weighted by Gasteiger charge is -2.39. The number of amidine groups is 1. The average molecular weight is 367 g/mol. The summed E-state index contributed by atoms with van der Waals surface area (Å²) in [6.45, 7) is 0.990. The second kappa shape index (κ2) is 7.67. The van der Waals surface area contributed by atoms with Crippen molar-refractivity contribution < 1.29 is 19.1 Å². The topological polar surface area (TPSA) is 72.4 Å². The Morgan fingerprint density at radius 1 is 1.07 bits per heavy atom. The van der Waals surface area contributed by atoms with Gasteiger partial charge in [-0.25, -0.2) is 5.01 Å². The van der Waals surface area contributed by atoms with Crippen LogP contribution in [0.4, 0.5) is 0 Å². The molecule has 0 aromatic heterocycles. The second-order valence-electron chi connectivity index (χ2n) is 6.40. The molecule has 0 aliphatic carbocycles. The van der Waals surface area contributed by atoms with Gasteiger partial charge in [0.05, 0.1) is 13.2 Å². The first kappa shape index (κ1) is 17.4. The maximum Gasteiger partial charge on any atom is 0.276 e. The van der Waals surface area contributed by atoms with Gasteiger partial charge in [-0.05, 0) is 12.1 Å². The van der Waals surface area contributed by atoms with Gasteiger partial charge >= 0.3 is 0 Å². The van der Waals surface area contributed by atoms with E-state index < -0.39 is 5.72 Å². The van der Waals surface area contributed by atoms with E-state index in [1.807, 2.05) is 60.7 Å². The molecule has 1 fully saturated rings. The molecule has 2 heterocycles. The predicted molar refractivity (Wildman–Crippen MR) is 98.8 cm³/mol. The number of ether oxygens (including phenoxy) is 2. The standard InChI is InChI=1S/C20H21N3O4/c24-18(15-26-17-9-5-2-6-10-17)21-23-19(16-7-3-1-4-8-16)22-27-20(23)11-13-25-14-12-20/h1-10H,11-15H2,(H,21,24). The zero-order valence-corrected chi connectivity index (χ0v) is 14.8. The normalized spacial score (nSPS) is 17.9. The molecular formula is C20H21N3O4. The van der Waals surface area contributed by atoms with E-state index in [0.717, 1.165) is 5.56 Å². The molecule has 2 aliphatic heterocycles. The molecule has 0 unspecified atom stereocenters. The monoisotopic (exact) mass is 367 g/mol. The van der Waals surface area contributed by atoms with Gasteiger partial charge in [-0.2, -0.15) is 0 Å². The van der Waals surface area contributed by atoms with Gasteiger partial charge in [0, 0.05) is 18.4 Å². The van der Waals surface area contributed by atoms with Gasteiger partial charge in [-0.15, -0.1) is 0 Å². The Morgan fingerprint density at radius 2 is 1.74 bits per heavy atom. The molecule has 2 aromatic carbocycles. The van der Waals surface area contributed by atoms with Crippen LogP contribution < -0.4 is 10.2 Å². The number of carbonyl (C=O) groups is 1. The predicted octanol–water partition coefficient (Wildman–Crippen LogP) is 2.30. The SMILES string of the molecule is O=C(COc1ccccc1)NN1C(c2ccccc2)=NOC12CCOCC2. The maximum absolute atomic E-state index is 12.6. The lowest BCUT2D eigenvalue weighted by Crippen LogP contribution is -2.60. The smallest absolute Gasteiger partial charge is 0.276 e. The Balaban J connectivity index is 1.50. The number of rotatable bonds is 5. The molecule has 0 radical (unpaired) electrons. The van der Waals surface area contributed by atoms with E-state index >= 15 is 0 Å². The number of hydrazine groups is 1. The summed E-state index contributed by atoms with van der Waals surface area (Å²) in [4.78, 5) is 18.4. The van der Waals surface area contributed by atoms with Crippen molar-refractivity contribution in [3.8, 4) is 5.75 Å². The summed E-state index contributed by atoms with van der Waals surface area (Å²) < 4.78 is 11.0. The van der Waals surface area contributed by atoms with Crippen molar-refractivity contribution in [2.24, 2.45) is 5.16 Å². The molecular weight excluding hydrogens is 346 g/mol. The third-order valence-corrected chi connectivity index (χ3v) is 4.58. The highest BCUT2D eigenvalue weighted by molar-refractivity contribution is 6.00. The van der Waals surface area contributed by atoms with Crippen LogP contribution in [0, 0.1) is 0 Å². The first-order valence-corrected chi connectivity index (χ1v) is 8.94. The zero-order valence-electron chi connectivity index (χ0n) is 14.8. The van der Waals surface area contributed by atoms with Crippen molar-refractivity contribution in [1.82, 2.24) is 10.4 Å². The first-order chi connectivity index (χ1) is 13.3. The van der Waals surface area contributed by atoms with E-state index in [2.05, 4.69) is 10.6 Å². The van der Waals surface area contributed by atoms with Crippen molar-refractivity contribution in [1.29, 1.82) is 0 Å². The van der Waals surface area contributed by atoms with E-state index in [9.17, 15) is 4.79 Å². The summed E-state index contributed by atoms with van der Waals surface area (Å²) in [5.41, 5.74) is 3.05. The molecule has 4 rings (SSSR count). The minimum absolute atomic E-state index is 0.102. The molecule has 2 aromatic rings. The van der Waals surface area contributed by atoms with Crippen molar-refractivity contribution in [2.75, 3.05) is 19.8 Å². The van der Waals surface area contributed by atoms with Crippen LogP contribution in [0.2, 0.25) is 0 Å². The van der Waals surface area contributed by atoms with Crippen molar-refractivity contribution in [3.63, 3.8) is 0 Å². The van der Waals surface area contributed by atoms with Gasteiger partial charge in [0.2, 0.25) is 5.72 Å².